The molecule has 0 saturated carbocycles. The van der Waals surface area contributed by atoms with Crippen molar-refractivity contribution in [1.29, 1.82) is 0 Å². The summed E-state index contributed by atoms with van der Waals surface area (Å²) < 4.78 is 6.16. The zero-order valence-electron chi connectivity index (χ0n) is 10.5. The lowest BCUT2D eigenvalue weighted by molar-refractivity contribution is -0.386. The number of nitro groups is 1. The molecule has 1 heterocycles. The van der Waals surface area contributed by atoms with Crippen molar-refractivity contribution in [1.82, 2.24) is 4.98 Å². The first kappa shape index (κ1) is 14.9. The molecule has 0 amide bonds. The highest BCUT2D eigenvalue weighted by molar-refractivity contribution is 9.10. The number of hydrogen-bond donors (Lipinski definition) is 1. The minimum absolute atomic E-state index is 0.00489. The first-order chi connectivity index (χ1) is 9.97. The number of nitro benzene ring substituents is 1. The first-order valence-electron chi connectivity index (χ1n) is 5.72. The molecule has 0 aliphatic heterocycles. The average Bonchev–Trinajstić information content (AvgIpc) is 2.46. The minimum atomic E-state index is -1.24. The fraction of sp³-hybridized carbons (Fsp3) is 0.0769. The van der Waals surface area contributed by atoms with Crippen molar-refractivity contribution in [2.24, 2.45) is 0 Å². The van der Waals surface area contributed by atoms with Crippen molar-refractivity contribution in [2.75, 3.05) is 0 Å². The predicted molar refractivity (Wildman–Crippen MR) is 76.3 cm³/mol. The van der Waals surface area contributed by atoms with Gasteiger partial charge in [-0.25, -0.2) is 4.79 Å². The molecule has 0 spiro atoms. The van der Waals surface area contributed by atoms with Gasteiger partial charge < -0.3 is 9.84 Å². The summed E-state index contributed by atoms with van der Waals surface area (Å²) in [4.78, 5) is 25.2. The number of halogens is 1. The van der Waals surface area contributed by atoms with Crippen LogP contribution >= 0.6 is 15.9 Å². The van der Waals surface area contributed by atoms with Gasteiger partial charge in [-0.05, 0) is 40.2 Å². The van der Waals surface area contributed by atoms with Crippen molar-refractivity contribution in [3.05, 3.63) is 62.4 Å². The molecular weight excluding hydrogens is 344 g/mol. The summed E-state index contributed by atoms with van der Waals surface area (Å²) in [5, 5.41) is 19.8. The summed E-state index contributed by atoms with van der Waals surface area (Å²) in [5.74, 6) is -1.24. The SMILES string of the molecule is O=C(O)c1ccc(OCc2ccc(Br)cn2)c([N+](=O)[O-])c1. The maximum absolute atomic E-state index is 11.0. The maximum atomic E-state index is 11.0. The van der Waals surface area contributed by atoms with Gasteiger partial charge in [-0.1, -0.05) is 0 Å². The third kappa shape index (κ3) is 3.76. The van der Waals surface area contributed by atoms with E-state index < -0.39 is 16.6 Å². The minimum Gasteiger partial charge on any atom is -0.480 e. The largest absolute Gasteiger partial charge is 0.480 e. The van der Waals surface area contributed by atoms with Crippen molar-refractivity contribution in [3.63, 3.8) is 0 Å². The lowest BCUT2D eigenvalue weighted by Crippen LogP contribution is -2.03. The normalized spacial score (nSPS) is 10.1. The van der Waals surface area contributed by atoms with Crippen LogP contribution < -0.4 is 4.74 Å². The van der Waals surface area contributed by atoms with E-state index in [4.69, 9.17) is 9.84 Å². The second-order valence-corrected chi connectivity index (χ2v) is 4.92. The number of pyridine rings is 1. The van der Waals surface area contributed by atoms with Crippen LogP contribution in [0.4, 0.5) is 5.69 Å². The Morgan fingerprint density at radius 3 is 2.71 bits per heavy atom. The van der Waals surface area contributed by atoms with Gasteiger partial charge in [-0.15, -0.1) is 0 Å². The van der Waals surface area contributed by atoms with Gasteiger partial charge in [0.2, 0.25) is 0 Å². The second kappa shape index (κ2) is 6.31. The Balaban J connectivity index is 2.21. The van der Waals surface area contributed by atoms with E-state index in [0.717, 1.165) is 10.5 Å². The monoisotopic (exact) mass is 352 g/mol. The molecule has 0 bridgehead atoms. The van der Waals surface area contributed by atoms with Gasteiger partial charge in [-0.2, -0.15) is 0 Å². The highest BCUT2D eigenvalue weighted by Gasteiger charge is 2.18. The fourth-order valence-corrected chi connectivity index (χ4v) is 1.79. The van der Waals surface area contributed by atoms with E-state index in [1.807, 2.05) is 0 Å². The second-order valence-electron chi connectivity index (χ2n) is 4.00. The Kier molecular flexibility index (Phi) is 4.49. The number of carbonyl (C=O) groups is 1. The summed E-state index contributed by atoms with van der Waals surface area (Å²) in [6.07, 6.45) is 1.58. The molecule has 0 saturated heterocycles. The van der Waals surface area contributed by atoms with Gasteiger partial charge >= 0.3 is 11.7 Å². The summed E-state index contributed by atoms with van der Waals surface area (Å²) in [7, 11) is 0. The number of aromatic carboxylic acids is 1. The number of aromatic nitrogens is 1. The Morgan fingerprint density at radius 1 is 1.38 bits per heavy atom. The van der Waals surface area contributed by atoms with E-state index >= 15 is 0 Å². The Hall–Kier alpha value is -2.48. The van der Waals surface area contributed by atoms with Crippen LogP contribution in [0.5, 0.6) is 5.75 Å². The molecule has 21 heavy (non-hydrogen) atoms. The summed E-state index contributed by atoms with van der Waals surface area (Å²) in [6.45, 7) is 0.0422. The molecule has 2 rings (SSSR count). The maximum Gasteiger partial charge on any atom is 0.335 e. The third-order valence-electron chi connectivity index (χ3n) is 2.57. The molecule has 1 N–H and O–H groups in total. The summed E-state index contributed by atoms with van der Waals surface area (Å²) in [6, 6.07) is 6.96. The van der Waals surface area contributed by atoms with E-state index in [1.54, 1.807) is 18.3 Å². The molecular formula is C13H9BrN2O5. The smallest absolute Gasteiger partial charge is 0.335 e. The fourth-order valence-electron chi connectivity index (χ4n) is 1.56. The van der Waals surface area contributed by atoms with Crippen LogP contribution in [0.1, 0.15) is 16.1 Å². The van der Waals surface area contributed by atoms with E-state index in [0.29, 0.717) is 5.69 Å². The zero-order valence-corrected chi connectivity index (χ0v) is 12.1. The zero-order chi connectivity index (χ0) is 15.4. The molecule has 1 aromatic carbocycles. The molecule has 2 aromatic rings. The Morgan fingerprint density at radius 2 is 2.14 bits per heavy atom. The number of hydrogen-bond acceptors (Lipinski definition) is 5. The first-order valence-corrected chi connectivity index (χ1v) is 6.51. The quantitative estimate of drug-likeness (QED) is 0.655. The van der Waals surface area contributed by atoms with Crippen molar-refractivity contribution < 1.29 is 19.6 Å². The van der Waals surface area contributed by atoms with E-state index in [9.17, 15) is 14.9 Å². The molecule has 7 nitrogen and oxygen atoms in total. The molecule has 0 fully saturated rings. The van der Waals surface area contributed by atoms with E-state index in [-0.39, 0.29) is 17.9 Å². The number of benzene rings is 1. The number of ether oxygens (including phenoxy) is 1. The van der Waals surface area contributed by atoms with Crippen molar-refractivity contribution in [3.8, 4) is 5.75 Å². The third-order valence-corrected chi connectivity index (χ3v) is 3.04. The van der Waals surface area contributed by atoms with Gasteiger partial charge in [-0.3, -0.25) is 15.1 Å². The highest BCUT2D eigenvalue weighted by atomic mass is 79.9. The standard InChI is InChI=1S/C13H9BrN2O5/c14-9-2-3-10(15-6-9)7-21-12-4-1-8(13(17)18)5-11(12)16(19)20/h1-6H,7H2,(H,17,18). The molecule has 108 valence electrons. The van der Waals surface area contributed by atoms with Crippen LogP contribution in [0.3, 0.4) is 0 Å². The molecule has 0 aliphatic carbocycles. The van der Waals surface area contributed by atoms with Crippen molar-refractivity contribution >= 4 is 27.6 Å². The lowest BCUT2D eigenvalue weighted by Gasteiger charge is -2.07. The average molecular weight is 353 g/mol. The number of nitrogens with zero attached hydrogens (tertiary/aromatic N) is 2. The summed E-state index contributed by atoms with van der Waals surface area (Å²) in [5.41, 5.74) is 0.0256. The molecule has 0 unspecified atom stereocenters. The van der Waals surface area contributed by atoms with Gasteiger partial charge in [0, 0.05) is 16.7 Å². The Bertz CT molecular complexity index is 687. The molecule has 0 aliphatic rings. The molecule has 0 atom stereocenters. The van der Waals surface area contributed by atoms with Crippen LogP contribution in [-0.4, -0.2) is 21.0 Å². The number of carboxylic acids is 1. The highest BCUT2D eigenvalue weighted by Crippen LogP contribution is 2.28. The van der Waals surface area contributed by atoms with Crippen LogP contribution in [0.15, 0.2) is 41.0 Å². The Labute approximate surface area is 127 Å². The van der Waals surface area contributed by atoms with Gasteiger partial charge in [0.25, 0.3) is 0 Å². The molecule has 8 heteroatoms. The van der Waals surface area contributed by atoms with Crippen LogP contribution in [-0.2, 0) is 6.61 Å². The van der Waals surface area contributed by atoms with Crippen LogP contribution in [0.2, 0.25) is 0 Å². The van der Waals surface area contributed by atoms with Crippen LogP contribution in [0, 0.1) is 10.1 Å². The van der Waals surface area contributed by atoms with Gasteiger partial charge in [0.05, 0.1) is 16.2 Å². The number of rotatable bonds is 5. The van der Waals surface area contributed by atoms with E-state index in [1.165, 1.54) is 12.1 Å². The van der Waals surface area contributed by atoms with E-state index in [2.05, 4.69) is 20.9 Å². The predicted octanol–water partition coefficient (Wildman–Crippen LogP) is 3.03. The molecule has 0 radical (unpaired) electrons. The topological polar surface area (TPSA) is 103 Å². The number of carboxylic acid groups (broad SMARTS) is 1. The van der Waals surface area contributed by atoms with Crippen LogP contribution in [0.25, 0.3) is 0 Å². The van der Waals surface area contributed by atoms with Crippen molar-refractivity contribution in [2.45, 2.75) is 6.61 Å². The molecule has 1 aromatic heterocycles. The van der Waals surface area contributed by atoms with Gasteiger partial charge in [0.15, 0.2) is 5.75 Å². The lowest BCUT2D eigenvalue weighted by atomic mass is 10.2. The van der Waals surface area contributed by atoms with Gasteiger partial charge in [0.1, 0.15) is 6.61 Å². The summed E-state index contributed by atoms with van der Waals surface area (Å²) >= 11 is 3.25.